The maximum Gasteiger partial charge on any atom is 0.303 e. The number of carbonyl (C=O) groups is 1. The zero-order chi connectivity index (χ0) is 12.0. The van der Waals surface area contributed by atoms with Crippen molar-refractivity contribution in [2.45, 2.75) is 19.3 Å². The quantitative estimate of drug-likeness (QED) is 0.842. The van der Waals surface area contributed by atoms with Crippen LogP contribution in [-0.2, 0) is 11.2 Å². The normalized spacial score (nSPS) is 10.9. The summed E-state index contributed by atoms with van der Waals surface area (Å²) in [5, 5.41) is 8.51. The Balaban J connectivity index is 2.15. The van der Waals surface area contributed by atoms with Crippen molar-refractivity contribution in [3.8, 4) is 0 Å². The van der Waals surface area contributed by atoms with Crippen molar-refractivity contribution in [2.24, 2.45) is 0 Å². The summed E-state index contributed by atoms with van der Waals surface area (Å²) in [6.07, 6.45) is 2.01. The Hall–Kier alpha value is -0.390. The fourth-order valence-corrected chi connectivity index (χ4v) is 2.87. The molecule has 0 fully saturated rings. The number of carboxylic acids is 1. The zero-order valence-corrected chi connectivity index (χ0v) is 11.7. The largest absolute Gasteiger partial charge is 0.481 e. The van der Waals surface area contributed by atoms with Crippen LogP contribution in [0.1, 0.15) is 17.7 Å². The molecule has 1 aromatic heterocycles. The van der Waals surface area contributed by atoms with Crippen LogP contribution in [0.15, 0.2) is 15.9 Å². The molecule has 0 aliphatic heterocycles. The number of likely N-dealkylation sites (N-methyl/N-ethyl adjacent to an activating group) is 1. The van der Waals surface area contributed by atoms with E-state index in [0.717, 1.165) is 29.7 Å². The Bertz CT molecular complexity index is 340. The lowest BCUT2D eigenvalue weighted by atomic mass is 10.3. The minimum absolute atomic E-state index is 0.259. The SMILES string of the molecule is CN(CCCC(=O)O)CCc1ccc(Br)s1. The van der Waals surface area contributed by atoms with E-state index in [1.54, 1.807) is 11.3 Å². The van der Waals surface area contributed by atoms with E-state index >= 15 is 0 Å². The van der Waals surface area contributed by atoms with E-state index in [0.29, 0.717) is 0 Å². The lowest BCUT2D eigenvalue weighted by Gasteiger charge is -2.14. The molecule has 0 radical (unpaired) electrons. The number of nitrogens with zero attached hydrogens (tertiary/aromatic N) is 1. The summed E-state index contributed by atoms with van der Waals surface area (Å²) >= 11 is 5.19. The molecular formula is C11H16BrNO2S. The minimum atomic E-state index is -0.712. The van der Waals surface area contributed by atoms with Crippen LogP contribution in [0.3, 0.4) is 0 Å². The van der Waals surface area contributed by atoms with E-state index < -0.39 is 5.97 Å². The Morgan fingerprint density at radius 2 is 2.25 bits per heavy atom. The Labute approximate surface area is 108 Å². The van der Waals surface area contributed by atoms with E-state index in [9.17, 15) is 4.79 Å². The first-order valence-corrected chi connectivity index (χ1v) is 6.83. The third kappa shape index (κ3) is 5.63. The van der Waals surface area contributed by atoms with Crippen LogP contribution in [0.2, 0.25) is 0 Å². The molecule has 0 amide bonds. The van der Waals surface area contributed by atoms with Gasteiger partial charge in [0.2, 0.25) is 0 Å². The highest BCUT2D eigenvalue weighted by atomic mass is 79.9. The molecule has 0 unspecified atom stereocenters. The van der Waals surface area contributed by atoms with Crippen LogP contribution in [0, 0.1) is 0 Å². The Kier molecular flexibility index (Phi) is 6.01. The molecule has 0 atom stereocenters. The first-order chi connectivity index (χ1) is 7.58. The van der Waals surface area contributed by atoms with E-state index in [-0.39, 0.29) is 6.42 Å². The summed E-state index contributed by atoms with van der Waals surface area (Å²) in [7, 11) is 2.03. The summed E-state index contributed by atoms with van der Waals surface area (Å²) in [6.45, 7) is 1.82. The number of aliphatic carboxylic acids is 1. The number of hydrogen-bond acceptors (Lipinski definition) is 3. The molecular weight excluding hydrogens is 290 g/mol. The molecule has 1 N–H and O–H groups in total. The minimum Gasteiger partial charge on any atom is -0.481 e. The predicted molar refractivity (Wildman–Crippen MR) is 70.1 cm³/mol. The number of halogens is 1. The molecule has 3 nitrogen and oxygen atoms in total. The van der Waals surface area contributed by atoms with Gasteiger partial charge >= 0.3 is 5.97 Å². The highest BCUT2D eigenvalue weighted by Gasteiger charge is 2.03. The average molecular weight is 306 g/mol. The highest BCUT2D eigenvalue weighted by Crippen LogP contribution is 2.22. The molecule has 0 aromatic carbocycles. The Morgan fingerprint density at radius 3 is 2.81 bits per heavy atom. The number of carboxylic acid groups (broad SMARTS) is 1. The van der Waals surface area contributed by atoms with E-state index in [1.807, 2.05) is 7.05 Å². The molecule has 0 saturated carbocycles. The van der Waals surface area contributed by atoms with Gasteiger partial charge in [-0.15, -0.1) is 11.3 Å². The van der Waals surface area contributed by atoms with Gasteiger partial charge in [-0.1, -0.05) is 0 Å². The second-order valence-corrected chi connectivity index (χ2v) is 6.30. The van der Waals surface area contributed by atoms with E-state index in [4.69, 9.17) is 5.11 Å². The van der Waals surface area contributed by atoms with Crippen molar-refractivity contribution in [1.82, 2.24) is 4.90 Å². The number of hydrogen-bond donors (Lipinski definition) is 1. The summed E-state index contributed by atoms with van der Waals surface area (Å²) in [6, 6.07) is 4.18. The number of rotatable bonds is 7. The monoisotopic (exact) mass is 305 g/mol. The fourth-order valence-electron chi connectivity index (χ4n) is 1.40. The summed E-state index contributed by atoms with van der Waals surface area (Å²) in [5.41, 5.74) is 0. The molecule has 1 rings (SSSR count). The highest BCUT2D eigenvalue weighted by molar-refractivity contribution is 9.11. The van der Waals surface area contributed by atoms with Crippen molar-refractivity contribution >= 4 is 33.2 Å². The molecule has 0 spiro atoms. The molecule has 0 aliphatic carbocycles. The van der Waals surface area contributed by atoms with E-state index in [2.05, 4.69) is 33.0 Å². The van der Waals surface area contributed by atoms with Crippen LogP contribution in [-0.4, -0.2) is 36.1 Å². The van der Waals surface area contributed by atoms with Gasteiger partial charge in [0, 0.05) is 17.8 Å². The molecule has 1 aromatic rings. The van der Waals surface area contributed by atoms with E-state index in [1.165, 1.54) is 4.88 Å². The van der Waals surface area contributed by atoms with Crippen molar-refractivity contribution in [3.63, 3.8) is 0 Å². The van der Waals surface area contributed by atoms with Crippen molar-refractivity contribution < 1.29 is 9.90 Å². The molecule has 5 heteroatoms. The topological polar surface area (TPSA) is 40.5 Å². The molecule has 0 bridgehead atoms. The second-order valence-electron chi connectivity index (χ2n) is 3.76. The molecule has 16 heavy (non-hydrogen) atoms. The maximum atomic E-state index is 10.3. The van der Waals surface area contributed by atoms with Gasteiger partial charge in [0.1, 0.15) is 0 Å². The Morgan fingerprint density at radius 1 is 1.50 bits per heavy atom. The van der Waals surface area contributed by atoms with Crippen LogP contribution < -0.4 is 0 Å². The first kappa shape index (κ1) is 13.7. The molecule has 0 aliphatic rings. The van der Waals surface area contributed by atoms with Gasteiger partial charge in [0.15, 0.2) is 0 Å². The number of thiophene rings is 1. The summed E-state index contributed by atoms with van der Waals surface area (Å²) in [4.78, 5) is 13.9. The van der Waals surface area contributed by atoms with Gasteiger partial charge in [-0.2, -0.15) is 0 Å². The van der Waals surface area contributed by atoms with Gasteiger partial charge in [0.25, 0.3) is 0 Å². The van der Waals surface area contributed by atoms with Crippen LogP contribution in [0.5, 0.6) is 0 Å². The van der Waals surface area contributed by atoms with Gasteiger partial charge in [-0.25, -0.2) is 0 Å². The van der Waals surface area contributed by atoms with Crippen molar-refractivity contribution in [2.75, 3.05) is 20.1 Å². The standard InChI is InChI=1S/C11H16BrNO2S/c1-13(7-2-3-11(14)15)8-6-9-4-5-10(12)16-9/h4-5H,2-3,6-8H2,1H3,(H,14,15). The zero-order valence-electron chi connectivity index (χ0n) is 9.28. The molecule has 0 saturated heterocycles. The maximum absolute atomic E-state index is 10.3. The van der Waals surface area contributed by atoms with Gasteiger partial charge in [-0.3, -0.25) is 4.79 Å². The first-order valence-electron chi connectivity index (χ1n) is 5.22. The fraction of sp³-hybridized carbons (Fsp3) is 0.545. The summed E-state index contributed by atoms with van der Waals surface area (Å²) in [5.74, 6) is -0.712. The molecule has 90 valence electrons. The summed E-state index contributed by atoms with van der Waals surface area (Å²) < 4.78 is 1.16. The third-order valence-corrected chi connectivity index (χ3v) is 3.98. The second kappa shape index (κ2) is 7.04. The van der Waals surface area contributed by atoms with Crippen LogP contribution in [0.25, 0.3) is 0 Å². The van der Waals surface area contributed by atoms with Gasteiger partial charge in [-0.05, 0) is 54.5 Å². The van der Waals surface area contributed by atoms with Gasteiger partial charge in [0.05, 0.1) is 3.79 Å². The predicted octanol–water partition coefficient (Wildman–Crippen LogP) is 2.85. The lowest BCUT2D eigenvalue weighted by Crippen LogP contribution is -2.22. The third-order valence-electron chi connectivity index (χ3n) is 2.30. The lowest BCUT2D eigenvalue weighted by molar-refractivity contribution is -0.137. The van der Waals surface area contributed by atoms with Crippen LogP contribution >= 0.6 is 27.3 Å². The van der Waals surface area contributed by atoms with Crippen molar-refractivity contribution in [3.05, 3.63) is 20.8 Å². The van der Waals surface area contributed by atoms with Crippen molar-refractivity contribution in [1.29, 1.82) is 0 Å². The van der Waals surface area contributed by atoms with Gasteiger partial charge < -0.3 is 10.0 Å². The smallest absolute Gasteiger partial charge is 0.303 e. The molecule has 1 heterocycles. The average Bonchev–Trinajstić information content (AvgIpc) is 2.61. The van der Waals surface area contributed by atoms with Crippen LogP contribution in [0.4, 0.5) is 0 Å².